The van der Waals surface area contributed by atoms with Crippen molar-refractivity contribution in [2.75, 3.05) is 0 Å². The Morgan fingerprint density at radius 2 is 1.96 bits per heavy atom. The summed E-state index contributed by atoms with van der Waals surface area (Å²) in [6.07, 6.45) is 0. The van der Waals surface area contributed by atoms with Crippen LogP contribution in [0.25, 0.3) is 0 Å². The average Bonchev–Trinajstić information content (AvgIpc) is 3.04. The second-order valence-electron chi connectivity index (χ2n) is 5.19. The Morgan fingerprint density at radius 1 is 1.20 bits per heavy atom. The lowest BCUT2D eigenvalue weighted by atomic mass is 10.2. The van der Waals surface area contributed by atoms with Crippen LogP contribution in [-0.2, 0) is 17.1 Å². The molecule has 0 aliphatic carbocycles. The summed E-state index contributed by atoms with van der Waals surface area (Å²) in [6.45, 7) is 1.62. The third-order valence-electron chi connectivity index (χ3n) is 3.34. The number of halogens is 1. The summed E-state index contributed by atoms with van der Waals surface area (Å²) in [5.41, 5.74) is 0.752. The van der Waals surface area contributed by atoms with Gasteiger partial charge in [-0.15, -0.1) is 11.8 Å². The van der Waals surface area contributed by atoms with Crippen LogP contribution in [0.1, 0.15) is 27.6 Å². The van der Waals surface area contributed by atoms with Crippen LogP contribution in [-0.4, -0.2) is 16.1 Å². The molecule has 2 aromatic carbocycles. The molecule has 0 fully saturated rings. The Labute approximate surface area is 148 Å². The van der Waals surface area contributed by atoms with Crippen molar-refractivity contribution >= 4 is 17.7 Å². The van der Waals surface area contributed by atoms with Gasteiger partial charge in [-0.05, 0) is 25.1 Å². The number of nitrogens with zero attached hydrogens (tertiary/aromatic N) is 2. The van der Waals surface area contributed by atoms with Gasteiger partial charge in [-0.3, -0.25) is 0 Å². The van der Waals surface area contributed by atoms with E-state index in [1.165, 1.54) is 17.8 Å². The molecule has 128 valence electrons. The maximum Gasteiger partial charge on any atom is 0.339 e. The second-order valence-corrected chi connectivity index (χ2v) is 6.20. The van der Waals surface area contributed by atoms with Crippen molar-refractivity contribution in [2.45, 2.75) is 24.2 Å². The van der Waals surface area contributed by atoms with Gasteiger partial charge in [0.25, 0.3) is 0 Å². The highest BCUT2D eigenvalue weighted by molar-refractivity contribution is 7.98. The first-order valence-electron chi connectivity index (χ1n) is 7.55. The van der Waals surface area contributed by atoms with Gasteiger partial charge in [0.15, 0.2) is 5.82 Å². The standard InChI is InChI=1S/C18H15FN2O3S/c1-12-20-17(24-21-12)11-25-16-9-5-3-7-14(16)18(22)23-10-13-6-2-4-8-15(13)19/h2-9H,10-11H2,1H3. The molecule has 3 rings (SSSR count). The van der Waals surface area contributed by atoms with Crippen LogP contribution in [0.15, 0.2) is 57.9 Å². The Morgan fingerprint density at radius 3 is 2.72 bits per heavy atom. The molecule has 0 aliphatic heterocycles. The lowest BCUT2D eigenvalue weighted by Crippen LogP contribution is -2.07. The first kappa shape index (κ1) is 17.2. The van der Waals surface area contributed by atoms with Crippen molar-refractivity contribution in [2.24, 2.45) is 0 Å². The maximum atomic E-state index is 13.6. The number of benzene rings is 2. The fourth-order valence-corrected chi connectivity index (χ4v) is 3.01. The highest BCUT2D eigenvalue weighted by Crippen LogP contribution is 2.26. The first-order chi connectivity index (χ1) is 12.1. The second kappa shape index (κ2) is 7.94. The Bertz CT molecular complexity index is 882. The minimum atomic E-state index is -0.506. The van der Waals surface area contributed by atoms with Gasteiger partial charge in [0, 0.05) is 10.5 Å². The zero-order valence-electron chi connectivity index (χ0n) is 13.4. The van der Waals surface area contributed by atoms with Gasteiger partial charge in [-0.1, -0.05) is 35.5 Å². The molecule has 0 radical (unpaired) electrons. The van der Waals surface area contributed by atoms with Gasteiger partial charge in [0.2, 0.25) is 5.89 Å². The monoisotopic (exact) mass is 358 g/mol. The van der Waals surface area contributed by atoms with E-state index in [1.54, 1.807) is 37.3 Å². The van der Waals surface area contributed by atoms with Gasteiger partial charge in [0.05, 0.1) is 11.3 Å². The molecular formula is C18H15FN2O3S. The molecule has 3 aromatic rings. The van der Waals surface area contributed by atoms with Crippen molar-refractivity contribution in [3.63, 3.8) is 0 Å². The molecule has 0 unspecified atom stereocenters. The molecular weight excluding hydrogens is 343 g/mol. The quantitative estimate of drug-likeness (QED) is 0.487. The number of hydrogen-bond donors (Lipinski definition) is 0. The van der Waals surface area contributed by atoms with E-state index in [1.807, 2.05) is 12.1 Å². The summed E-state index contributed by atoms with van der Waals surface area (Å²) in [5, 5.41) is 3.73. The van der Waals surface area contributed by atoms with Crippen molar-refractivity contribution < 1.29 is 18.4 Å². The smallest absolute Gasteiger partial charge is 0.339 e. The molecule has 0 aliphatic rings. The van der Waals surface area contributed by atoms with Crippen LogP contribution in [0.4, 0.5) is 4.39 Å². The summed E-state index contributed by atoms with van der Waals surface area (Å²) in [6, 6.07) is 13.3. The molecule has 7 heteroatoms. The molecule has 5 nitrogen and oxygen atoms in total. The summed E-state index contributed by atoms with van der Waals surface area (Å²) in [7, 11) is 0. The average molecular weight is 358 g/mol. The zero-order chi connectivity index (χ0) is 17.6. The molecule has 0 spiro atoms. The summed E-state index contributed by atoms with van der Waals surface area (Å²) in [5.74, 6) is 0.585. The van der Waals surface area contributed by atoms with E-state index in [-0.39, 0.29) is 6.61 Å². The van der Waals surface area contributed by atoms with Crippen molar-refractivity contribution in [3.8, 4) is 0 Å². The van der Waals surface area contributed by atoms with E-state index in [2.05, 4.69) is 10.1 Å². The van der Waals surface area contributed by atoms with Crippen LogP contribution >= 0.6 is 11.8 Å². The minimum absolute atomic E-state index is 0.118. The number of hydrogen-bond acceptors (Lipinski definition) is 6. The Balaban J connectivity index is 1.67. The number of carbonyl (C=O) groups is 1. The number of ether oxygens (including phenoxy) is 1. The van der Waals surface area contributed by atoms with E-state index >= 15 is 0 Å². The summed E-state index contributed by atoms with van der Waals surface area (Å²) < 4.78 is 23.9. The van der Waals surface area contributed by atoms with Gasteiger partial charge in [-0.25, -0.2) is 9.18 Å². The molecule has 0 N–H and O–H groups in total. The number of carbonyl (C=O) groups excluding carboxylic acids is 1. The van der Waals surface area contributed by atoms with Crippen LogP contribution in [0.5, 0.6) is 0 Å². The van der Waals surface area contributed by atoms with E-state index in [4.69, 9.17) is 9.26 Å². The summed E-state index contributed by atoms with van der Waals surface area (Å²) >= 11 is 1.40. The molecule has 0 saturated heterocycles. The van der Waals surface area contributed by atoms with Crippen LogP contribution in [0, 0.1) is 12.7 Å². The van der Waals surface area contributed by atoms with Crippen molar-refractivity contribution in [1.29, 1.82) is 0 Å². The largest absolute Gasteiger partial charge is 0.457 e. The number of esters is 1. The fraction of sp³-hybridized carbons (Fsp3) is 0.167. The highest BCUT2D eigenvalue weighted by atomic mass is 32.2. The maximum absolute atomic E-state index is 13.6. The third kappa shape index (κ3) is 4.45. The van der Waals surface area contributed by atoms with Crippen LogP contribution in [0.2, 0.25) is 0 Å². The topological polar surface area (TPSA) is 65.2 Å². The minimum Gasteiger partial charge on any atom is -0.457 e. The molecule has 1 heterocycles. The molecule has 0 amide bonds. The molecule has 0 saturated carbocycles. The van der Waals surface area contributed by atoms with Gasteiger partial charge in [0.1, 0.15) is 12.4 Å². The fourth-order valence-electron chi connectivity index (χ4n) is 2.14. The van der Waals surface area contributed by atoms with Crippen LogP contribution < -0.4 is 0 Å². The zero-order valence-corrected chi connectivity index (χ0v) is 14.3. The molecule has 25 heavy (non-hydrogen) atoms. The third-order valence-corrected chi connectivity index (χ3v) is 4.40. The van der Waals surface area contributed by atoms with Gasteiger partial charge >= 0.3 is 5.97 Å². The van der Waals surface area contributed by atoms with E-state index in [9.17, 15) is 9.18 Å². The van der Waals surface area contributed by atoms with Crippen molar-refractivity contribution in [1.82, 2.24) is 10.1 Å². The number of aromatic nitrogens is 2. The number of aryl methyl sites for hydroxylation is 1. The Hall–Kier alpha value is -2.67. The normalized spacial score (nSPS) is 10.6. The number of thioether (sulfide) groups is 1. The van der Waals surface area contributed by atoms with Gasteiger partial charge < -0.3 is 9.26 Å². The van der Waals surface area contributed by atoms with E-state index in [0.29, 0.717) is 28.6 Å². The molecule has 0 atom stereocenters. The Kier molecular flexibility index (Phi) is 5.45. The number of rotatable bonds is 6. The van der Waals surface area contributed by atoms with E-state index in [0.717, 1.165) is 4.90 Å². The summed E-state index contributed by atoms with van der Waals surface area (Å²) in [4.78, 5) is 17.2. The highest BCUT2D eigenvalue weighted by Gasteiger charge is 2.15. The SMILES string of the molecule is Cc1noc(CSc2ccccc2C(=O)OCc2ccccc2F)n1. The molecule has 0 bridgehead atoms. The van der Waals surface area contributed by atoms with Gasteiger partial charge in [-0.2, -0.15) is 4.98 Å². The lowest BCUT2D eigenvalue weighted by molar-refractivity contribution is 0.0465. The van der Waals surface area contributed by atoms with E-state index < -0.39 is 11.8 Å². The first-order valence-corrected chi connectivity index (χ1v) is 8.53. The molecule has 1 aromatic heterocycles. The lowest BCUT2D eigenvalue weighted by Gasteiger charge is -2.09. The predicted octanol–water partition coefficient (Wildman–Crippen LogP) is 4.17. The van der Waals surface area contributed by atoms with Crippen LogP contribution in [0.3, 0.4) is 0 Å². The van der Waals surface area contributed by atoms with Crippen molar-refractivity contribution in [3.05, 3.63) is 77.2 Å². The predicted molar refractivity (Wildman–Crippen MR) is 90.6 cm³/mol.